The van der Waals surface area contributed by atoms with Gasteiger partial charge in [0.15, 0.2) is 0 Å². The molecular formula is C16H24N2O. The molecule has 0 N–H and O–H groups in total. The Hall–Kier alpha value is -1.53. The molecule has 0 spiro atoms. The highest BCUT2D eigenvalue weighted by atomic mass is 16.5. The van der Waals surface area contributed by atoms with Crippen molar-refractivity contribution in [3.8, 4) is 11.8 Å². The van der Waals surface area contributed by atoms with Gasteiger partial charge in [0.1, 0.15) is 11.3 Å². The zero-order valence-corrected chi connectivity index (χ0v) is 12.9. The number of hydrogen-bond acceptors (Lipinski definition) is 3. The quantitative estimate of drug-likeness (QED) is 0.816. The Labute approximate surface area is 116 Å². The fraction of sp³-hybridized carbons (Fsp3) is 0.562. The number of ether oxygens (including phenoxy) is 1. The molecule has 104 valence electrons. The Bertz CT molecular complexity index is 486. The van der Waals surface area contributed by atoms with Crippen LogP contribution in [-0.2, 0) is 6.42 Å². The van der Waals surface area contributed by atoms with Gasteiger partial charge in [-0.1, -0.05) is 17.7 Å². The second kappa shape index (κ2) is 6.08. The van der Waals surface area contributed by atoms with Crippen molar-refractivity contribution >= 4 is 0 Å². The molecule has 0 aliphatic carbocycles. The van der Waals surface area contributed by atoms with E-state index >= 15 is 0 Å². The fourth-order valence-corrected chi connectivity index (χ4v) is 2.17. The lowest BCUT2D eigenvalue weighted by Crippen LogP contribution is -2.40. The van der Waals surface area contributed by atoms with Crippen molar-refractivity contribution in [2.24, 2.45) is 0 Å². The summed E-state index contributed by atoms with van der Waals surface area (Å²) in [5.41, 5.74) is 3.18. The van der Waals surface area contributed by atoms with E-state index in [1.165, 1.54) is 16.7 Å². The topological polar surface area (TPSA) is 36.3 Å². The van der Waals surface area contributed by atoms with Crippen LogP contribution in [0.25, 0.3) is 0 Å². The normalized spacial score (nSPS) is 11.5. The Morgan fingerprint density at radius 2 is 1.95 bits per heavy atom. The Morgan fingerprint density at radius 1 is 1.32 bits per heavy atom. The maximum absolute atomic E-state index is 9.13. The lowest BCUT2D eigenvalue weighted by atomic mass is 10.0. The molecule has 0 amide bonds. The first-order chi connectivity index (χ1) is 8.81. The molecule has 0 atom stereocenters. The number of nitriles is 1. The van der Waals surface area contributed by atoms with E-state index in [9.17, 15) is 0 Å². The summed E-state index contributed by atoms with van der Waals surface area (Å²) >= 11 is 0. The lowest BCUT2D eigenvalue weighted by Gasteiger charge is -2.29. The minimum absolute atomic E-state index is 0.438. The number of nitrogens with zero attached hydrogens (tertiary/aromatic N) is 2. The molecule has 0 bridgehead atoms. The van der Waals surface area contributed by atoms with Crippen molar-refractivity contribution in [3.63, 3.8) is 0 Å². The average molecular weight is 260 g/mol. The van der Waals surface area contributed by atoms with Gasteiger partial charge < -0.3 is 4.74 Å². The molecule has 3 nitrogen and oxygen atoms in total. The Kier molecular flexibility index (Phi) is 4.97. The van der Waals surface area contributed by atoms with Crippen molar-refractivity contribution in [3.05, 3.63) is 28.8 Å². The predicted octanol–water partition coefficient (Wildman–Crippen LogP) is 3.09. The molecule has 0 heterocycles. The van der Waals surface area contributed by atoms with Crippen molar-refractivity contribution in [1.29, 1.82) is 5.26 Å². The second-order valence-electron chi connectivity index (χ2n) is 5.62. The zero-order chi connectivity index (χ0) is 14.6. The van der Waals surface area contributed by atoms with Gasteiger partial charge in [0.2, 0.25) is 0 Å². The van der Waals surface area contributed by atoms with Crippen molar-refractivity contribution in [2.45, 2.75) is 39.7 Å². The van der Waals surface area contributed by atoms with Crippen LogP contribution in [0.15, 0.2) is 12.1 Å². The van der Waals surface area contributed by atoms with Crippen LogP contribution in [0, 0.1) is 25.2 Å². The van der Waals surface area contributed by atoms with E-state index in [-0.39, 0.29) is 0 Å². The van der Waals surface area contributed by atoms with E-state index in [4.69, 9.17) is 10.00 Å². The summed E-state index contributed by atoms with van der Waals surface area (Å²) in [7, 11) is 3.70. The molecule has 0 radical (unpaired) electrons. The van der Waals surface area contributed by atoms with Crippen molar-refractivity contribution in [1.82, 2.24) is 4.90 Å². The molecular weight excluding hydrogens is 236 g/mol. The molecule has 0 aliphatic rings. The van der Waals surface area contributed by atoms with E-state index in [0.717, 1.165) is 18.7 Å². The van der Waals surface area contributed by atoms with Gasteiger partial charge in [-0.05, 0) is 52.3 Å². The second-order valence-corrected chi connectivity index (χ2v) is 5.62. The SMILES string of the molecule is COc1c(C)cc(C)cc1CCN(C)C(C)(C)C#N. The van der Waals surface area contributed by atoms with Crippen LogP contribution >= 0.6 is 0 Å². The highest BCUT2D eigenvalue weighted by Crippen LogP contribution is 2.26. The van der Waals surface area contributed by atoms with Crippen LogP contribution in [0.1, 0.15) is 30.5 Å². The summed E-state index contributed by atoms with van der Waals surface area (Å²) in [6.07, 6.45) is 0.882. The maximum atomic E-state index is 9.13. The van der Waals surface area contributed by atoms with Gasteiger partial charge in [-0.2, -0.15) is 5.26 Å². The van der Waals surface area contributed by atoms with Crippen molar-refractivity contribution in [2.75, 3.05) is 20.7 Å². The highest BCUT2D eigenvalue weighted by molar-refractivity contribution is 5.44. The number of methoxy groups -OCH3 is 1. The first-order valence-electron chi connectivity index (χ1n) is 6.58. The summed E-state index contributed by atoms with van der Waals surface area (Å²) in [6, 6.07) is 6.62. The molecule has 0 aromatic heterocycles. The average Bonchev–Trinajstić information content (AvgIpc) is 2.35. The lowest BCUT2D eigenvalue weighted by molar-refractivity contribution is 0.213. The summed E-state index contributed by atoms with van der Waals surface area (Å²) in [6.45, 7) is 8.87. The summed E-state index contributed by atoms with van der Waals surface area (Å²) in [5, 5.41) is 9.13. The fourth-order valence-electron chi connectivity index (χ4n) is 2.17. The van der Waals surface area contributed by atoms with Crippen LogP contribution in [0.5, 0.6) is 5.75 Å². The van der Waals surface area contributed by atoms with Crippen LogP contribution in [-0.4, -0.2) is 31.1 Å². The van der Waals surface area contributed by atoms with Crippen molar-refractivity contribution < 1.29 is 4.74 Å². The standard InChI is InChI=1S/C16H24N2O/c1-12-9-13(2)15(19-6)14(10-12)7-8-18(5)16(3,4)11-17/h9-10H,7-8H2,1-6H3. The maximum Gasteiger partial charge on any atom is 0.125 e. The molecule has 0 fully saturated rings. The van der Waals surface area contributed by atoms with Gasteiger partial charge in [-0.15, -0.1) is 0 Å². The molecule has 0 saturated heterocycles. The van der Waals surface area contributed by atoms with Gasteiger partial charge in [0, 0.05) is 6.54 Å². The Balaban J connectivity index is 2.87. The molecule has 0 unspecified atom stereocenters. The van der Waals surface area contributed by atoms with E-state index < -0.39 is 5.54 Å². The minimum atomic E-state index is -0.438. The number of likely N-dealkylation sites (N-methyl/N-ethyl adjacent to an activating group) is 1. The van der Waals surface area contributed by atoms with E-state index in [0.29, 0.717) is 0 Å². The van der Waals surface area contributed by atoms with E-state index in [2.05, 4.69) is 36.9 Å². The molecule has 19 heavy (non-hydrogen) atoms. The third-order valence-electron chi connectivity index (χ3n) is 3.64. The minimum Gasteiger partial charge on any atom is -0.496 e. The first-order valence-corrected chi connectivity index (χ1v) is 6.58. The zero-order valence-electron chi connectivity index (χ0n) is 12.9. The smallest absolute Gasteiger partial charge is 0.125 e. The third kappa shape index (κ3) is 3.71. The monoisotopic (exact) mass is 260 g/mol. The summed E-state index contributed by atoms with van der Waals surface area (Å²) in [5.74, 6) is 0.966. The summed E-state index contributed by atoms with van der Waals surface area (Å²) < 4.78 is 5.49. The number of aryl methyl sites for hydroxylation is 2. The highest BCUT2D eigenvalue weighted by Gasteiger charge is 2.22. The number of rotatable bonds is 5. The molecule has 1 rings (SSSR count). The number of benzene rings is 1. The summed E-state index contributed by atoms with van der Waals surface area (Å²) in [4.78, 5) is 2.07. The molecule has 0 aliphatic heterocycles. The van der Waals surface area contributed by atoms with Gasteiger partial charge in [0.25, 0.3) is 0 Å². The largest absolute Gasteiger partial charge is 0.496 e. The van der Waals surface area contributed by atoms with Crippen LogP contribution in [0.3, 0.4) is 0 Å². The molecule has 3 heteroatoms. The van der Waals surface area contributed by atoms with E-state index in [1.807, 2.05) is 20.9 Å². The first kappa shape index (κ1) is 15.5. The Morgan fingerprint density at radius 3 is 2.47 bits per heavy atom. The third-order valence-corrected chi connectivity index (χ3v) is 3.64. The van der Waals surface area contributed by atoms with Gasteiger partial charge in [-0.3, -0.25) is 4.90 Å². The van der Waals surface area contributed by atoms with Crippen LogP contribution < -0.4 is 4.74 Å². The molecule has 1 aromatic rings. The van der Waals surface area contributed by atoms with Crippen LogP contribution in [0.4, 0.5) is 0 Å². The number of hydrogen-bond donors (Lipinski definition) is 0. The van der Waals surface area contributed by atoms with Crippen LogP contribution in [0.2, 0.25) is 0 Å². The van der Waals surface area contributed by atoms with Gasteiger partial charge >= 0.3 is 0 Å². The van der Waals surface area contributed by atoms with Gasteiger partial charge in [-0.25, -0.2) is 0 Å². The van der Waals surface area contributed by atoms with E-state index in [1.54, 1.807) is 7.11 Å². The molecule has 0 saturated carbocycles. The van der Waals surface area contributed by atoms with Gasteiger partial charge in [0.05, 0.1) is 13.2 Å². The molecule has 1 aromatic carbocycles. The predicted molar refractivity (Wildman–Crippen MR) is 78.5 cm³/mol.